The Bertz CT molecular complexity index is 356. The molecule has 20 heavy (non-hydrogen) atoms. The van der Waals surface area contributed by atoms with Gasteiger partial charge in [-0.2, -0.15) is 17.0 Å². The van der Waals surface area contributed by atoms with Gasteiger partial charge in [-0.05, 0) is 27.1 Å². The molecule has 0 amide bonds. The zero-order chi connectivity index (χ0) is 15.0. The highest BCUT2D eigenvalue weighted by Crippen LogP contribution is 2.10. The van der Waals surface area contributed by atoms with Crippen LogP contribution < -0.4 is 5.32 Å². The fourth-order valence-electron chi connectivity index (χ4n) is 2.14. The molecule has 0 radical (unpaired) electrons. The fraction of sp³-hybridized carbons (Fsp3) is 1.00. The molecule has 0 unspecified atom stereocenters. The van der Waals surface area contributed by atoms with Gasteiger partial charge in [-0.1, -0.05) is 0 Å². The lowest BCUT2D eigenvalue weighted by Crippen LogP contribution is -2.52. The second kappa shape index (κ2) is 8.91. The normalized spacial score (nSPS) is 18.1. The van der Waals surface area contributed by atoms with E-state index in [-0.39, 0.29) is 0 Å². The highest BCUT2D eigenvalue weighted by atomic mass is 32.2. The van der Waals surface area contributed by atoms with Crippen molar-refractivity contribution >= 4 is 10.2 Å². The van der Waals surface area contributed by atoms with Crippen molar-refractivity contribution in [2.24, 2.45) is 0 Å². The van der Waals surface area contributed by atoms with E-state index in [9.17, 15) is 8.42 Å². The number of hydrogen-bond donors (Lipinski definition) is 1. The zero-order valence-corrected chi connectivity index (χ0v) is 13.7. The van der Waals surface area contributed by atoms with E-state index in [0.29, 0.717) is 32.8 Å². The molecule has 0 atom stereocenters. The Kier molecular flexibility index (Phi) is 7.93. The van der Waals surface area contributed by atoms with Gasteiger partial charge in [0.25, 0.3) is 10.2 Å². The molecule has 1 saturated heterocycles. The molecule has 0 aromatic heterocycles. The molecule has 0 spiro atoms. The number of ether oxygens (including phenoxy) is 1. The molecule has 1 aliphatic rings. The average molecular weight is 308 g/mol. The first-order valence-corrected chi connectivity index (χ1v) is 8.48. The maximum absolute atomic E-state index is 12.6. The molecular formula is C12H28N4O3S. The maximum atomic E-state index is 12.6. The number of piperazine rings is 1. The first-order chi connectivity index (χ1) is 9.48. The van der Waals surface area contributed by atoms with Crippen molar-refractivity contribution in [1.82, 2.24) is 18.8 Å². The largest absolute Gasteiger partial charge is 0.383 e. The van der Waals surface area contributed by atoms with Gasteiger partial charge in [0, 0.05) is 46.4 Å². The van der Waals surface area contributed by atoms with Crippen LogP contribution >= 0.6 is 0 Å². The van der Waals surface area contributed by atoms with E-state index in [1.54, 1.807) is 15.7 Å². The lowest BCUT2D eigenvalue weighted by molar-refractivity contribution is 0.173. The zero-order valence-electron chi connectivity index (χ0n) is 12.8. The van der Waals surface area contributed by atoms with Crippen LogP contribution in [0.25, 0.3) is 0 Å². The van der Waals surface area contributed by atoms with Crippen LogP contribution in [0.4, 0.5) is 0 Å². The summed E-state index contributed by atoms with van der Waals surface area (Å²) < 4.78 is 33.4. The Morgan fingerprint density at radius 2 is 1.80 bits per heavy atom. The van der Waals surface area contributed by atoms with Crippen molar-refractivity contribution in [3.63, 3.8) is 0 Å². The Morgan fingerprint density at radius 3 is 2.35 bits per heavy atom. The molecule has 1 N–H and O–H groups in total. The topological polar surface area (TPSA) is 65.1 Å². The molecule has 0 aliphatic carbocycles. The smallest absolute Gasteiger partial charge is 0.282 e. The third kappa shape index (κ3) is 5.63. The highest BCUT2D eigenvalue weighted by Gasteiger charge is 2.29. The van der Waals surface area contributed by atoms with E-state index in [1.807, 2.05) is 14.1 Å². The Morgan fingerprint density at radius 1 is 1.15 bits per heavy atom. The summed E-state index contributed by atoms with van der Waals surface area (Å²) in [6.07, 6.45) is 0.821. The molecule has 1 rings (SSSR count). The lowest BCUT2D eigenvalue weighted by atomic mass is 10.4. The molecule has 0 bridgehead atoms. The summed E-state index contributed by atoms with van der Waals surface area (Å²) in [4.78, 5) is 2.06. The van der Waals surface area contributed by atoms with Crippen LogP contribution in [0.3, 0.4) is 0 Å². The van der Waals surface area contributed by atoms with Crippen LogP contribution in [-0.4, -0.2) is 95.6 Å². The van der Waals surface area contributed by atoms with Crippen LogP contribution in [0, 0.1) is 0 Å². The molecule has 8 heteroatoms. The summed E-state index contributed by atoms with van der Waals surface area (Å²) in [5.41, 5.74) is 0. The van der Waals surface area contributed by atoms with E-state index in [1.165, 1.54) is 0 Å². The number of hydrogen-bond acceptors (Lipinski definition) is 5. The van der Waals surface area contributed by atoms with E-state index in [0.717, 1.165) is 26.1 Å². The molecule has 0 saturated carbocycles. The van der Waals surface area contributed by atoms with E-state index in [4.69, 9.17) is 4.74 Å². The Balaban J connectivity index is 2.63. The fourth-order valence-corrected chi connectivity index (χ4v) is 3.77. The van der Waals surface area contributed by atoms with Gasteiger partial charge in [-0.3, -0.25) is 0 Å². The van der Waals surface area contributed by atoms with E-state index < -0.39 is 10.2 Å². The Labute approximate surface area is 123 Å². The van der Waals surface area contributed by atoms with Crippen LogP contribution in [0.15, 0.2) is 0 Å². The first kappa shape index (κ1) is 17.8. The van der Waals surface area contributed by atoms with Gasteiger partial charge in [0.15, 0.2) is 0 Å². The van der Waals surface area contributed by atoms with E-state index in [2.05, 4.69) is 10.2 Å². The number of nitrogens with zero attached hydrogens (tertiary/aromatic N) is 3. The monoisotopic (exact) mass is 308 g/mol. The molecule has 7 nitrogen and oxygen atoms in total. The van der Waals surface area contributed by atoms with Crippen LogP contribution in [0.1, 0.15) is 6.42 Å². The summed E-state index contributed by atoms with van der Waals surface area (Å²) in [6, 6.07) is 0. The van der Waals surface area contributed by atoms with Crippen molar-refractivity contribution in [2.45, 2.75) is 6.42 Å². The van der Waals surface area contributed by atoms with Crippen LogP contribution in [0.5, 0.6) is 0 Å². The minimum Gasteiger partial charge on any atom is -0.383 e. The number of rotatable bonds is 9. The predicted molar refractivity (Wildman–Crippen MR) is 80.0 cm³/mol. The molecule has 0 aromatic carbocycles. The average Bonchev–Trinajstić information content (AvgIpc) is 2.43. The third-order valence-corrected chi connectivity index (χ3v) is 5.32. The third-order valence-electron chi connectivity index (χ3n) is 3.29. The van der Waals surface area contributed by atoms with Gasteiger partial charge in [0.2, 0.25) is 0 Å². The summed E-state index contributed by atoms with van der Waals surface area (Å²) in [6.45, 7) is 4.76. The van der Waals surface area contributed by atoms with Gasteiger partial charge in [-0.15, -0.1) is 0 Å². The number of methoxy groups -OCH3 is 1. The quantitative estimate of drug-likeness (QED) is 0.594. The van der Waals surface area contributed by atoms with Gasteiger partial charge in [0.1, 0.15) is 0 Å². The SMILES string of the molecule is COCCN(CCCN(C)C)S(=O)(=O)N1CCNCC1. The molecule has 1 aliphatic heterocycles. The van der Waals surface area contributed by atoms with Gasteiger partial charge in [0.05, 0.1) is 6.61 Å². The molecule has 1 fully saturated rings. The molecular weight excluding hydrogens is 280 g/mol. The summed E-state index contributed by atoms with van der Waals surface area (Å²) in [7, 11) is 2.21. The highest BCUT2D eigenvalue weighted by molar-refractivity contribution is 7.86. The standard InChI is InChI=1S/C12H28N4O3S/c1-14(2)7-4-8-15(11-12-19-3)20(17,18)16-9-5-13-6-10-16/h13H,4-12H2,1-3H3. The molecule has 0 aromatic rings. The number of nitrogens with one attached hydrogen (secondary N) is 1. The molecule has 1 heterocycles. The minimum atomic E-state index is -3.37. The van der Waals surface area contributed by atoms with Crippen molar-refractivity contribution in [2.75, 3.05) is 73.6 Å². The van der Waals surface area contributed by atoms with Crippen molar-refractivity contribution in [3.8, 4) is 0 Å². The van der Waals surface area contributed by atoms with Crippen molar-refractivity contribution in [1.29, 1.82) is 0 Å². The second-order valence-corrected chi connectivity index (χ2v) is 7.13. The lowest BCUT2D eigenvalue weighted by Gasteiger charge is -2.32. The Hall–Kier alpha value is -0.250. The predicted octanol–water partition coefficient (Wildman–Crippen LogP) is -0.963. The van der Waals surface area contributed by atoms with Gasteiger partial charge in [-0.25, -0.2) is 0 Å². The van der Waals surface area contributed by atoms with Crippen molar-refractivity contribution < 1.29 is 13.2 Å². The first-order valence-electron chi connectivity index (χ1n) is 7.08. The van der Waals surface area contributed by atoms with E-state index >= 15 is 0 Å². The summed E-state index contributed by atoms with van der Waals surface area (Å²) >= 11 is 0. The van der Waals surface area contributed by atoms with Crippen molar-refractivity contribution in [3.05, 3.63) is 0 Å². The summed E-state index contributed by atoms with van der Waals surface area (Å²) in [5.74, 6) is 0. The van der Waals surface area contributed by atoms with Crippen LogP contribution in [-0.2, 0) is 14.9 Å². The van der Waals surface area contributed by atoms with Gasteiger partial charge >= 0.3 is 0 Å². The second-order valence-electron chi connectivity index (χ2n) is 5.21. The van der Waals surface area contributed by atoms with Gasteiger partial charge < -0.3 is 15.0 Å². The minimum absolute atomic E-state index is 0.413. The summed E-state index contributed by atoms with van der Waals surface area (Å²) in [5, 5.41) is 3.17. The maximum Gasteiger partial charge on any atom is 0.282 e. The van der Waals surface area contributed by atoms with Crippen LogP contribution in [0.2, 0.25) is 0 Å². The molecule has 120 valence electrons.